The molecule has 1 aromatic heterocycles. The molecule has 94 valence electrons. The van der Waals surface area contributed by atoms with Crippen molar-refractivity contribution in [1.29, 1.82) is 0 Å². The summed E-state index contributed by atoms with van der Waals surface area (Å²) in [5.74, 6) is -0.909. The smallest absolute Gasteiger partial charge is 0.374 e. The van der Waals surface area contributed by atoms with Gasteiger partial charge in [-0.2, -0.15) is 0 Å². The summed E-state index contributed by atoms with van der Waals surface area (Å²) >= 11 is 5.97. The van der Waals surface area contributed by atoms with Gasteiger partial charge < -0.3 is 14.3 Å². The molecule has 0 amide bonds. The van der Waals surface area contributed by atoms with E-state index < -0.39 is 5.97 Å². The lowest BCUT2D eigenvalue weighted by atomic mass is 10.1. The van der Waals surface area contributed by atoms with Gasteiger partial charge in [-0.05, 0) is 24.6 Å². The summed E-state index contributed by atoms with van der Waals surface area (Å²) in [5, 5.41) is 9.49. The van der Waals surface area contributed by atoms with Crippen LogP contribution in [-0.2, 0) is 0 Å². The normalized spacial score (nSPS) is 10.4. The first-order chi connectivity index (χ1) is 8.54. The number of aryl methyl sites for hydroxylation is 1. The van der Waals surface area contributed by atoms with Gasteiger partial charge in [-0.3, -0.25) is 0 Å². The van der Waals surface area contributed by atoms with Crippen molar-refractivity contribution < 1.29 is 19.1 Å². The predicted octanol–water partition coefficient (Wildman–Crippen LogP) is 3.01. The first-order valence-electron chi connectivity index (χ1n) is 5.06. The van der Waals surface area contributed by atoms with E-state index in [0.717, 1.165) is 12.0 Å². The van der Waals surface area contributed by atoms with Crippen LogP contribution in [0.2, 0.25) is 5.02 Å². The Balaban J connectivity index is 2.70. The molecule has 0 saturated heterocycles. The molecule has 2 aromatic rings. The van der Waals surface area contributed by atoms with Crippen molar-refractivity contribution in [3.05, 3.63) is 34.9 Å². The number of carboxylic acid groups (broad SMARTS) is 1. The van der Waals surface area contributed by atoms with Gasteiger partial charge in [-0.25, -0.2) is 9.78 Å². The number of hydrogen-bond acceptors (Lipinski definition) is 4. The van der Waals surface area contributed by atoms with Crippen LogP contribution in [0.4, 0.5) is 0 Å². The van der Waals surface area contributed by atoms with E-state index in [4.69, 9.17) is 25.9 Å². The standard InChI is InChI=1S/C12H10ClNO4/c1-6-3-7(13)4-8(10(6)17-2)9-11(12(15)16)18-5-14-9/h3-5H,1-2H3,(H,15,16). The van der Waals surface area contributed by atoms with E-state index in [1.807, 2.05) is 6.92 Å². The Bertz CT molecular complexity index is 606. The van der Waals surface area contributed by atoms with E-state index in [-0.39, 0.29) is 11.5 Å². The summed E-state index contributed by atoms with van der Waals surface area (Å²) in [6.45, 7) is 1.81. The van der Waals surface area contributed by atoms with Crippen LogP contribution >= 0.6 is 11.6 Å². The average molecular weight is 268 g/mol. The molecule has 2 rings (SSSR count). The molecule has 0 bridgehead atoms. The highest BCUT2D eigenvalue weighted by molar-refractivity contribution is 6.31. The summed E-state index contributed by atoms with van der Waals surface area (Å²) in [7, 11) is 1.50. The highest BCUT2D eigenvalue weighted by Crippen LogP contribution is 2.36. The fraction of sp³-hybridized carbons (Fsp3) is 0.167. The van der Waals surface area contributed by atoms with Crippen LogP contribution in [0.15, 0.2) is 22.9 Å². The molecule has 0 saturated carbocycles. The summed E-state index contributed by atoms with van der Waals surface area (Å²) in [5.41, 5.74) is 1.48. The molecule has 1 N–H and O–H groups in total. The van der Waals surface area contributed by atoms with Gasteiger partial charge in [0.15, 0.2) is 6.39 Å². The Hall–Kier alpha value is -2.01. The van der Waals surface area contributed by atoms with Crippen LogP contribution < -0.4 is 4.74 Å². The van der Waals surface area contributed by atoms with Gasteiger partial charge in [0, 0.05) is 10.6 Å². The Morgan fingerprint density at radius 1 is 1.50 bits per heavy atom. The molecule has 0 aliphatic heterocycles. The molecule has 0 aliphatic rings. The van der Waals surface area contributed by atoms with E-state index in [1.54, 1.807) is 12.1 Å². The molecule has 0 spiro atoms. The number of aromatic nitrogens is 1. The summed E-state index contributed by atoms with van der Waals surface area (Å²) < 4.78 is 10.1. The van der Waals surface area contributed by atoms with E-state index in [0.29, 0.717) is 16.3 Å². The molecule has 0 atom stereocenters. The van der Waals surface area contributed by atoms with Crippen molar-refractivity contribution in [3.63, 3.8) is 0 Å². The van der Waals surface area contributed by atoms with Crippen molar-refractivity contribution in [2.75, 3.05) is 7.11 Å². The van der Waals surface area contributed by atoms with Gasteiger partial charge in [-0.15, -0.1) is 0 Å². The number of ether oxygens (including phenoxy) is 1. The number of rotatable bonds is 3. The number of aromatic carboxylic acids is 1. The average Bonchev–Trinajstić information content (AvgIpc) is 2.76. The summed E-state index contributed by atoms with van der Waals surface area (Å²) in [6.07, 6.45) is 1.08. The maximum Gasteiger partial charge on any atom is 0.374 e. The molecule has 18 heavy (non-hydrogen) atoms. The first-order valence-corrected chi connectivity index (χ1v) is 5.43. The second-order valence-corrected chi connectivity index (χ2v) is 4.08. The number of carbonyl (C=O) groups is 1. The van der Waals surface area contributed by atoms with Gasteiger partial charge in [0.25, 0.3) is 0 Å². The molecule has 1 aromatic carbocycles. The maximum atomic E-state index is 11.0. The quantitative estimate of drug-likeness (QED) is 0.925. The third-order valence-corrected chi connectivity index (χ3v) is 2.68. The third kappa shape index (κ3) is 2.04. The summed E-state index contributed by atoms with van der Waals surface area (Å²) in [4.78, 5) is 14.9. The SMILES string of the molecule is COc1c(C)cc(Cl)cc1-c1ncoc1C(=O)O. The topological polar surface area (TPSA) is 72.6 Å². The lowest BCUT2D eigenvalue weighted by molar-refractivity contribution is 0.0663. The number of carboxylic acids is 1. The van der Waals surface area contributed by atoms with Crippen LogP contribution in [0.25, 0.3) is 11.3 Å². The van der Waals surface area contributed by atoms with Crippen LogP contribution in [0, 0.1) is 6.92 Å². The van der Waals surface area contributed by atoms with E-state index in [1.165, 1.54) is 7.11 Å². The number of halogens is 1. The fourth-order valence-corrected chi connectivity index (χ4v) is 2.04. The fourth-order valence-electron chi connectivity index (χ4n) is 1.77. The lowest BCUT2D eigenvalue weighted by Crippen LogP contribution is -1.99. The molecule has 1 heterocycles. The Morgan fingerprint density at radius 3 is 2.83 bits per heavy atom. The van der Waals surface area contributed by atoms with E-state index in [2.05, 4.69) is 4.98 Å². The minimum atomic E-state index is -1.19. The highest BCUT2D eigenvalue weighted by Gasteiger charge is 2.21. The van der Waals surface area contributed by atoms with E-state index >= 15 is 0 Å². The van der Waals surface area contributed by atoms with Crippen molar-refractivity contribution >= 4 is 17.6 Å². The highest BCUT2D eigenvalue weighted by atomic mass is 35.5. The van der Waals surface area contributed by atoms with Crippen LogP contribution in [-0.4, -0.2) is 23.2 Å². The molecule has 6 heteroatoms. The van der Waals surface area contributed by atoms with Crippen LogP contribution in [0.3, 0.4) is 0 Å². The molecule has 0 unspecified atom stereocenters. The summed E-state index contributed by atoms with van der Waals surface area (Å²) in [6, 6.07) is 3.32. The van der Waals surface area contributed by atoms with Crippen molar-refractivity contribution in [2.45, 2.75) is 6.92 Å². The Labute approximate surface area is 108 Å². The zero-order valence-corrected chi connectivity index (χ0v) is 10.5. The minimum Gasteiger partial charge on any atom is -0.496 e. The second kappa shape index (κ2) is 4.70. The van der Waals surface area contributed by atoms with Crippen molar-refractivity contribution in [2.24, 2.45) is 0 Å². The monoisotopic (exact) mass is 267 g/mol. The lowest BCUT2D eigenvalue weighted by Gasteiger charge is -2.10. The largest absolute Gasteiger partial charge is 0.496 e. The van der Waals surface area contributed by atoms with Crippen LogP contribution in [0.5, 0.6) is 5.75 Å². The Kier molecular flexibility index (Phi) is 3.25. The van der Waals surface area contributed by atoms with Gasteiger partial charge in [0.05, 0.1) is 7.11 Å². The number of benzene rings is 1. The molecule has 5 nitrogen and oxygen atoms in total. The maximum absolute atomic E-state index is 11.0. The molecule has 0 fully saturated rings. The van der Waals surface area contributed by atoms with Gasteiger partial charge in [-0.1, -0.05) is 11.6 Å². The predicted molar refractivity (Wildman–Crippen MR) is 65.2 cm³/mol. The molecule has 0 radical (unpaired) electrons. The Morgan fingerprint density at radius 2 is 2.22 bits per heavy atom. The molecular formula is C12H10ClNO4. The van der Waals surface area contributed by atoms with Crippen LogP contribution in [0.1, 0.15) is 16.1 Å². The zero-order chi connectivity index (χ0) is 13.3. The number of oxazole rings is 1. The van der Waals surface area contributed by atoms with Gasteiger partial charge in [0.2, 0.25) is 5.76 Å². The molecular weight excluding hydrogens is 258 g/mol. The number of nitrogens with zero attached hydrogens (tertiary/aromatic N) is 1. The minimum absolute atomic E-state index is 0.199. The second-order valence-electron chi connectivity index (χ2n) is 3.64. The van der Waals surface area contributed by atoms with Crippen molar-refractivity contribution in [1.82, 2.24) is 4.98 Å². The zero-order valence-electron chi connectivity index (χ0n) is 9.73. The van der Waals surface area contributed by atoms with Crippen molar-refractivity contribution in [3.8, 4) is 17.0 Å². The first kappa shape index (κ1) is 12.4. The number of methoxy groups -OCH3 is 1. The third-order valence-electron chi connectivity index (χ3n) is 2.46. The van der Waals surface area contributed by atoms with E-state index in [9.17, 15) is 4.79 Å². The molecule has 0 aliphatic carbocycles. The van der Waals surface area contributed by atoms with Gasteiger partial charge >= 0.3 is 5.97 Å². The van der Waals surface area contributed by atoms with Gasteiger partial charge in [0.1, 0.15) is 11.4 Å². The number of hydrogen-bond donors (Lipinski definition) is 1.